The Balaban J connectivity index is 3.86. The summed E-state index contributed by atoms with van der Waals surface area (Å²) in [5.74, 6) is 0. The van der Waals surface area contributed by atoms with Crippen molar-refractivity contribution in [3.05, 3.63) is 29.5 Å². The lowest BCUT2D eigenvalue weighted by Gasteiger charge is -2.03. The van der Waals surface area contributed by atoms with E-state index in [0.717, 1.165) is 19.4 Å². The Hall–Kier alpha value is -0.780. The second kappa shape index (κ2) is 7.85. The van der Waals surface area contributed by atoms with Gasteiger partial charge in [-0.2, -0.15) is 0 Å². The van der Waals surface area contributed by atoms with Crippen LogP contribution < -0.4 is 0 Å². The average Bonchev–Trinajstić information content (AvgIpc) is 2.10. The molecule has 0 aromatic carbocycles. The number of rotatable bonds is 5. The SMILES string of the molecule is CC=C=C(CC)C/C=C\CN(C)C. The van der Waals surface area contributed by atoms with Crippen LogP contribution in [0.5, 0.6) is 0 Å². The standard InChI is InChI=1S/C12H21N/c1-5-9-12(6-2)10-7-8-11-13(3)4/h5,7-8H,6,10-11H2,1-4H3/b8-7-. The van der Waals surface area contributed by atoms with Crippen molar-refractivity contribution in [2.75, 3.05) is 20.6 Å². The molecule has 0 rings (SSSR count). The molecule has 0 radical (unpaired) electrons. The maximum Gasteiger partial charge on any atom is 0.0157 e. The Kier molecular flexibility index (Phi) is 7.38. The third-order valence-corrected chi connectivity index (χ3v) is 1.78. The van der Waals surface area contributed by atoms with Gasteiger partial charge in [0.1, 0.15) is 0 Å². The average molecular weight is 179 g/mol. The molecule has 0 fully saturated rings. The van der Waals surface area contributed by atoms with Crippen molar-refractivity contribution in [1.29, 1.82) is 0 Å². The largest absolute Gasteiger partial charge is 0.306 e. The number of likely N-dealkylation sites (N-methyl/N-ethyl adjacent to an activating group) is 1. The zero-order chi connectivity index (χ0) is 10.1. The van der Waals surface area contributed by atoms with Gasteiger partial charge in [-0.05, 0) is 45.5 Å². The predicted octanol–water partition coefficient (Wildman–Crippen LogP) is 3.01. The third-order valence-electron chi connectivity index (χ3n) is 1.78. The van der Waals surface area contributed by atoms with E-state index >= 15 is 0 Å². The summed E-state index contributed by atoms with van der Waals surface area (Å²) in [7, 11) is 4.15. The fraction of sp³-hybridized carbons (Fsp3) is 0.583. The summed E-state index contributed by atoms with van der Waals surface area (Å²) in [5.41, 5.74) is 4.62. The third kappa shape index (κ3) is 7.58. The molecular formula is C12H21N. The van der Waals surface area contributed by atoms with E-state index in [9.17, 15) is 0 Å². The van der Waals surface area contributed by atoms with Crippen molar-refractivity contribution < 1.29 is 0 Å². The fourth-order valence-electron chi connectivity index (χ4n) is 1.02. The van der Waals surface area contributed by atoms with Gasteiger partial charge in [0.15, 0.2) is 0 Å². The first-order valence-corrected chi connectivity index (χ1v) is 4.89. The minimum Gasteiger partial charge on any atom is -0.306 e. The van der Waals surface area contributed by atoms with Crippen LogP contribution in [-0.4, -0.2) is 25.5 Å². The molecule has 74 valence electrons. The van der Waals surface area contributed by atoms with Gasteiger partial charge < -0.3 is 4.90 Å². The molecule has 0 saturated carbocycles. The highest BCUT2D eigenvalue weighted by molar-refractivity contribution is 5.06. The second-order valence-corrected chi connectivity index (χ2v) is 3.33. The Labute approximate surface area is 82.4 Å². The maximum absolute atomic E-state index is 3.25. The summed E-state index contributed by atoms with van der Waals surface area (Å²) in [6.45, 7) is 5.21. The molecule has 1 heteroatoms. The van der Waals surface area contributed by atoms with Crippen LogP contribution in [0.25, 0.3) is 0 Å². The van der Waals surface area contributed by atoms with Crippen LogP contribution in [0.1, 0.15) is 26.7 Å². The Morgan fingerprint density at radius 1 is 1.31 bits per heavy atom. The topological polar surface area (TPSA) is 3.24 Å². The lowest BCUT2D eigenvalue weighted by Crippen LogP contribution is -2.10. The maximum atomic E-state index is 3.25. The number of hydrogen-bond acceptors (Lipinski definition) is 1. The summed E-state index contributed by atoms with van der Waals surface area (Å²) in [4.78, 5) is 2.15. The van der Waals surface area contributed by atoms with Gasteiger partial charge in [-0.1, -0.05) is 19.1 Å². The van der Waals surface area contributed by atoms with E-state index in [-0.39, 0.29) is 0 Å². The molecule has 0 atom stereocenters. The van der Waals surface area contributed by atoms with Crippen molar-refractivity contribution in [2.45, 2.75) is 26.7 Å². The molecule has 0 spiro atoms. The van der Waals surface area contributed by atoms with E-state index in [0.29, 0.717) is 0 Å². The van der Waals surface area contributed by atoms with Gasteiger partial charge in [0.05, 0.1) is 0 Å². The Bertz CT molecular complexity index is 205. The summed E-state index contributed by atoms with van der Waals surface area (Å²) in [6.07, 6.45) is 8.53. The molecule has 13 heavy (non-hydrogen) atoms. The molecule has 1 nitrogen and oxygen atoms in total. The summed E-state index contributed by atoms with van der Waals surface area (Å²) >= 11 is 0. The molecule has 0 aliphatic rings. The zero-order valence-corrected chi connectivity index (χ0v) is 9.30. The Morgan fingerprint density at radius 3 is 2.46 bits per heavy atom. The molecule has 0 aliphatic carbocycles. The van der Waals surface area contributed by atoms with Crippen LogP contribution in [-0.2, 0) is 0 Å². The molecule has 0 aromatic heterocycles. The van der Waals surface area contributed by atoms with Crippen molar-refractivity contribution in [2.24, 2.45) is 0 Å². The van der Waals surface area contributed by atoms with Crippen molar-refractivity contribution in [3.63, 3.8) is 0 Å². The lowest BCUT2D eigenvalue weighted by molar-refractivity contribution is 0.456. The van der Waals surface area contributed by atoms with Gasteiger partial charge in [0.2, 0.25) is 0 Å². The van der Waals surface area contributed by atoms with Crippen LogP contribution in [0, 0.1) is 0 Å². The van der Waals surface area contributed by atoms with Gasteiger partial charge in [-0.25, -0.2) is 0 Å². The highest BCUT2D eigenvalue weighted by Gasteiger charge is 1.88. The first-order chi connectivity index (χ1) is 6.20. The molecule has 0 amide bonds. The molecule has 0 saturated heterocycles. The van der Waals surface area contributed by atoms with Crippen LogP contribution >= 0.6 is 0 Å². The van der Waals surface area contributed by atoms with E-state index in [2.05, 4.69) is 43.8 Å². The number of hydrogen-bond donors (Lipinski definition) is 0. The minimum atomic E-state index is 1.02. The second-order valence-electron chi connectivity index (χ2n) is 3.33. The van der Waals surface area contributed by atoms with E-state index in [1.807, 2.05) is 13.0 Å². The van der Waals surface area contributed by atoms with E-state index < -0.39 is 0 Å². The van der Waals surface area contributed by atoms with Gasteiger partial charge in [-0.15, -0.1) is 5.73 Å². The lowest BCUT2D eigenvalue weighted by atomic mass is 10.1. The molecule has 0 N–H and O–H groups in total. The molecule has 0 bridgehead atoms. The van der Waals surface area contributed by atoms with E-state index in [1.54, 1.807) is 0 Å². The van der Waals surface area contributed by atoms with Gasteiger partial charge in [-0.3, -0.25) is 0 Å². The highest BCUT2D eigenvalue weighted by atomic mass is 15.0. The van der Waals surface area contributed by atoms with Crippen molar-refractivity contribution >= 4 is 0 Å². The highest BCUT2D eigenvalue weighted by Crippen LogP contribution is 2.04. The van der Waals surface area contributed by atoms with Gasteiger partial charge in [0.25, 0.3) is 0 Å². The predicted molar refractivity (Wildman–Crippen MR) is 59.9 cm³/mol. The monoisotopic (exact) mass is 179 g/mol. The molecule has 0 unspecified atom stereocenters. The first-order valence-electron chi connectivity index (χ1n) is 4.89. The molecule has 0 aliphatic heterocycles. The fourth-order valence-corrected chi connectivity index (χ4v) is 1.02. The zero-order valence-electron chi connectivity index (χ0n) is 9.30. The quantitative estimate of drug-likeness (QED) is 0.463. The van der Waals surface area contributed by atoms with E-state index in [4.69, 9.17) is 0 Å². The number of nitrogens with zero attached hydrogens (tertiary/aromatic N) is 1. The van der Waals surface area contributed by atoms with Gasteiger partial charge in [0, 0.05) is 6.54 Å². The summed E-state index contributed by atoms with van der Waals surface area (Å²) in [6, 6.07) is 0. The minimum absolute atomic E-state index is 1.02. The molecule has 0 aromatic rings. The summed E-state index contributed by atoms with van der Waals surface area (Å²) < 4.78 is 0. The van der Waals surface area contributed by atoms with Crippen LogP contribution in [0.3, 0.4) is 0 Å². The smallest absolute Gasteiger partial charge is 0.0157 e. The van der Waals surface area contributed by atoms with Crippen molar-refractivity contribution in [3.8, 4) is 0 Å². The number of allylic oxidation sites excluding steroid dienone is 2. The molecule has 0 heterocycles. The van der Waals surface area contributed by atoms with Crippen LogP contribution in [0.4, 0.5) is 0 Å². The van der Waals surface area contributed by atoms with Crippen molar-refractivity contribution in [1.82, 2.24) is 4.90 Å². The van der Waals surface area contributed by atoms with Crippen LogP contribution in [0.2, 0.25) is 0 Å². The molecular weight excluding hydrogens is 158 g/mol. The Morgan fingerprint density at radius 2 is 2.00 bits per heavy atom. The van der Waals surface area contributed by atoms with Gasteiger partial charge >= 0.3 is 0 Å². The first kappa shape index (κ1) is 12.2. The summed E-state index contributed by atoms with van der Waals surface area (Å²) in [5, 5.41) is 0. The van der Waals surface area contributed by atoms with E-state index in [1.165, 1.54) is 5.57 Å². The van der Waals surface area contributed by atoms with Crippen LogP contribution in [0.15, 0.2) is 29.5 Å². The normalized spacial score (nSPS) is 10.5.